The van der Waals surface area contributed by atoms with Crippen LogP contribution < -0.4 is 19.7 Å². The zero-order valence-electron chi connectivity index (χ0n) is 17.4. The van der Waals surface area contributed by atoms with Crippen molar-refractivity contribution in [3.63, 3.8) is 0 Å². The van der Waals surface area contributed by atoms with Gasteiger partial charge in [-0.25, -0.2) is 8.78 Å². The summed E-state index contributed by atoms with van der Waals surface area (Å²) in [5.41, 5.74) is -1.36. The largest absolute Gasteiger partial charge is 0.493 e. The number of hydrogen-bond acceptors (Lipinski definition) is 4. The van der Waals surface area contributed by atoms with Crippen molar-refractivity contribution in [2.45, 2.75) is 12.0 Å². The molecule has 3 aromatic rings. The maximum atomic E-state index is 14.7. The van der Waals surface area contributed by atoms with E-state index < -0.39 is 29.0 Å². The molecule has 0 radical (unpaired) electrons. The Balaban J connectivity index is 1.87. The van der Waals surface area contributed by atoms with Gasteiger partial charge in [0.1, 0.15) is 11.6 Å². The Morgan fingerprint density at radius 1 is 0.938 bits per heavy atom. The van der Waals surface area contributed by atoms with Gasteiger partial charge in [0.25, 0.3) is 5.91 Å². The molecule has 0 bridgehead atoms. The summed E-state index contributed by atoms with van der Waals surface area (Å²) in [6.07, 6.45) is -0.239. The van der Waals surface area contributed by atoms with Crippen LogP contribution in [0.25, 0.3) is 0 Å². The van der Waals surface area contributed by atoms with E-state index in [4.69, 9.17) is 9.47 Å². The molecule has 1 fully saturated rings. The summed E-state index contributed by atoms with van der Waals surface area (Å²) < 4.78 is 39.5. The van der Waals surface area contributed by atoms with Crippen molar-refractivity contribution < 1.29 is 27.8 Å². The molecule has 1 saturated heterocycles. The number of carbonyl (C=O) groups excluding carboxylic acids is 2. The van der Waals surface area contributed by atoms with Gasteiger partial charge in [-0.15, -0.1) is 0 Å². The van der Waals surface area contributed by atoms with E-state index in [1.165, 1.54) is 50.6 Å². The topological polar surface area (TPSA) is 67.9 Å². The van der Waals surface area contributed by atoms with Gasteiger partial charge in [0.15, 0.2) is 17.0 Å². The molecule has 1 aliphatic rings. The van der Waals surface area contributed by atoms with Gasteiger partial charge in [0.05, 0.1) is 32.0 Å². The molecule has 8 heteroatoms. The van der Waals surface area contributed by atoms with Crippen LogP contribution in [0.5, 0.6) is 11.5 Å². The zero-order valence-corrected chi connectivity index (χ0v) is 17.4. The first-order chi connectivity index (χ1) is 15.4. The number of nitrogens with one attached hydrogen (secondary N) is 1. The molecule has 0 aliphatic carbocycles. The number of methoxy groups -OCH3 is 2. The number of amides is 2. The Morgan fingerprint density at radius 2 is 1.59 bits per heavy atom. The number of anilines is 2. The number of nitrogens with zero attached hydrogens (tertiary/aromatic N) is 1. The second-order valence-electron chi connectivity index (χ2n) is 7.22. The SMILES string of the molecule is COc1ccc(C2(C(=O)Nc3ccccc3F)CC(=O)N2c2ccccc2F)cc1OC. The van der Waals surface area contributed by atoms with Gasteiger partial charge >= 0.3 is 0 Å². The number of hydrogen-bond donors (Lipinski definition) is 1. The summed E-state index contributed by atoms with van der Waals surface area (Å²) in [5.74, 6) is -1.68. The van der Waals surface area contributed by atoms with Crippen molar-refractivity contribution in [1.82, 2.24) is 0 Å². The highest BCUT2D eigenvalue weighted by atomic mass is 19.1. The fourth-order valence-electron chi connectivity index (χ4n) is 3.90. The van der Waals surface area contributed by atoms with E-state index in [0.29, 0.717) is 17.1 Å². The molecule has 1 heterocycles. The highest BCUT2D eigenvalue weighted by molar-refractivity contribution is 6.17. The minimum atomic E-state index is -1.62. The number of para-hydroxylation sites is 2. The first-order valence-electron chi connectivity index (χ1n) is 9.78. The predicted octanol–water partition coefficient (Wildman–Crippen LogP) is 4.25. The van der Waals surface area contributed by atoms with E-state index in [1.807, 2.05) is 0 Å². The fraction of sp³-hybridized carbons (Fsp3) is 0.167. The van der Waals surface area contributed by atoms with Crippen molar-refractivity contribution in [3.8, 4) is 11.5 Å². The van der Waals surface area contributed by atoms with Crippen molar-refractivity contribution in [3.05, 3.63) is 83.9 Å². The van der Waals surface area contributed by atoms with Crippen LogP contribution in [0.2, 0.25) is 0 Å². The smallest absolute Gasteiger partial charge is 0.256 e. The summed E-state index contributed by atoms with van der Waals surface area (Å²) >= 11 is 0. The zero-order chi connectivity index (χ0) is 22.9. The van der Waals surface area contributed by atoms with E-state index in [-0.39, 0.29) is 17.8 Å². The van der Waals surface area contributed by atoms with Crippen LogP contribution >= 0.6 is 0 Å². The van der Waals surface area contributed by atoms with Crippen LogP contribution in [0.15, 0.2) is 66.7 Å². The van der Waals surface area contributed by atoms with E-state index in [1.54, 1.807) is 30.3 Å². The van der Waals surface area contributed by atoms with E-state index in [0.717, 1.165) is 4.90 Å². The Labute approximate surface area is 183 Å². The summed E-state index contributed by atoms with van der Waals surface area (Å²) in [6.45, 7) is 0. The van der Waals surface area contributed by atoms with Gasteiger partial charge in [-0.3, -0.25) is 14.5 Å². The summed E-state index contributed by atoms with van der Waals surface area (Å²) in [6, 6.07) is 16.1. The fourth-order valence-corrected chi connectivity index (χ4v) is 3.90. The minimum absolute atomic E-state index is 0.0508. The number of rotatable bonds is 6. The van der Waals surface area contributed by atoms with Gasteiger partial charge in [0.2, 0.25) is 5.91 Å². The number of benzene rings is 3. The Kier molecular flexibility index (Phi) is 5.52. The van der Waals surface area contributed by atoms with Gasteiger partial charge in [-0.1, -0.05) is 30.3 Å². The van der Waals surface area contributed by atoms with Crippen LogP contribution in [0.3, 0.4) is 0 Å². The predicted molar refractivity (Wildman–Crippen MR) is 115 cm³/mol. The highest BCUT2D eigenvalue weighted by Gasteiger charge is 2.59. The van der Waals surface area contributed by atoms with Crippen LogP contribution in [0.1, 0.15) is 12.0 Å². The Bertz CT molecular complexity index is 1200. The van der Waals surface area contributed by atoms with Crippen molar-refractivity contribution in [1.29, 1.82) is 0 Å². The van der Waals surface area contributed by atoms with Crippen molar-refractivity contribution in [2.24, 2.45) is 0 Å². The maximum Gasteiger partial charge on any atom is 0.256 e. The molecule has 0 spiro atoms. The average molecular weight is 438 g/mol. The molecule has 3 aromatic carbocycles. The molecule has 164 valence electrons. The lowest BCUT2D eigenvalue weighted by atomic mass is 9.75. The first-order valence-corrected chi connectivity index (χ1v) is 9.78. The van der Waals surface area contributed by atoms with Crippen molar-refractivity contribution >= 4 is 23.2 Å². The molecule has 1 unspecified atom stereocenters. The molecule has 6 nitrogen and oxygen atoms in total. The normalized spacial score (nSPS) is 17.5. The van der Waals surface area contributed by atoms with E-state index >= 15 is 0 Å². The molecular formula is C24H20F2N2O4. The van der Waals surface area contributed by atoms with Crippen LogP contribution in [-0.2, 0) is 15.1 Å². The molecule has 4 rings (SSSR count). The van der Waals surface area contributed by atoms with Gasteiger partial charge in [-0.2, -0.15) is 0 Å². The number of carbonyl (C=O) groups is 2. The van der Waals surface area contributed by atoms with E-state index in [2.05, 4.69) is 5.32 Å². The molecule has 32 heavy (non-hydrogen) atoms. The molecule has 0 aromatic heterocycles. The lowest BCUT2D eigenvalue weighted by molar-refractivity contribution is -0.137. The van der Waals surface area contributed by atoms with Gasteiger partial charge < -0.3 is 14.8 Å². The first kappa shape index (κ1) is 21.3. The quantitative estimate of drug-likeness (QED) is 0.585. The standard InChI is InChI=1S/C24H20F2N2O4/c1-31-20-12-11-15(13-21(20)32-2)24(23(30)27-18-9-5-3-7-16(18)25)14-22(29)28(24)19-10-6-4-8-17(19)26/h3-13H,14H2,1-2H3,(H,27,30). The molecule has 1 aliphatic heterocycles. The maximum absolute atomic E-state index is 14.7. The third-order valence-corrected chi connectivity index (χ3v) is 5.49. The number of β-lactam (4-membered cyclic amide) rings is 1. The molecule has 1 N–H and O–H groups in total. The second kappa shape index (κ2) is 8.30. The van der Waals surface area contributed by atoms with Crippen molar-refractivity contribution in [2.75, 3.05) is 24.4 Å². The summed E-state index contributed by atoms with van der Waals surface area (Å²) in [5, 5.41) is 2.55. The summed E-state index contributed by atoms with van der Waals surface area (Å²) in [7, 11) is 2.91. The molecule has 2 amide bonds. The van der Waals surface area contributed by atoms with Gasteiger partial charge in [-0.05, 0) is 42.0 Å². The molecular weight excluding hydrogens is 418 g/mol. The average Bonchev–Trinajstić information content (AvgIpc) is 2.79. The molecule has 1 atom stereocenters. The Hall–Kier alpha value is -3.94. The lowest BCUT2D eigenvalue weighted by Gasteiger charge is -2.50. The monoisotopic (exact) mass is 438 g/mol. The van der Waals surface area contributed by atoms with E-state index in [9.17, 15) is 18.4 Å². The minimum Gasteiger partial charge on any atom is -0.493 e. The summed E-state index contributed by atoms with van der Waals surface area (Å²) in [4.78, 5) is 27.4. The third kappa shape index (κ3) is 3.33. The Morgan fingerprint density at radius 3 is 2.22 bits per heavy atom. The highest BCUT2D eigenvalue weighted by Crippen LogP contribution is 2.48. The van der Waals surface area contributed by atoms with Crippen LogP contribution in [-0.4, -0.2) is 26.0 Å². The third-order valence-electron chi connectivity index (χ3n) is 5.49. The van der Waals surface area contributed by atoms with Gasteiger partial charge in [0, 0.05) is 0 Å². The van der Waals surface area contributed by atoms with Crippen LogP contribution in [0.4, 0.5) is 20.2 Å². The second-order valence-corrected chi connectivity index (χ2v) is 7.22. The molecule has 0 saturated carbocycles. The number of ether oxygens (including phenoxy) is 2. The number of halogens is 2. The lowest BCUT2D eigenvalue weighted by Crippen LogP contribution is -2.67. The van der Waals surface area contributed by atoms with Crippen LogP contribution in [0, 0.1) is 11.6 Å².